The second-order valence-electron chi connectivity index (χ2n) is 5.83. The molecule has 2 nitrogen and oxygen atoms in total. The summed E-state index contributed by atoms with van der Waals surface area (Å²) in [7, 11) is 0. The molecule has 0 amide bonds. The molecule has 0 bridgehead atoms. The molecular formula is C16H25ClN2. The third-order valence-electron chi connectivity index (χ3n) is 4.43. The van der Waals surface area contributed by atoms with Crippen LogP contribution in [-0.2, 0) is 0 Å². The maximum Gasteiger partial charge on any atom is 0.0441 e. The molecule has 1 aromatic rings. The number of rotatable bonds is 4. The van der Waals surface area contributed by atoms with Gasteiger partial charge in [0.1, 0.15) is 0 Å². The van der Waals surface area contributed by atoms with Crippen molar-refractivity contribution >= 4 is 11.6 Å². The molecule has 1 aromatic carbocycles. The largest absolute Gasteiger partial charge is 0.330 e. The van der Waals surface area contributed by atoms with E-state index in [1.54, 1.807) is 0 Å². The van der Waals surface area contributed by atoms with Crippen LogP contribution >= 0.6 is 11.6 Å². The number of likely N-dealkylation sites (tertiary alicyclic amines) is 1. The minimum absolute atomic E-state index is 0.406. The Balaban J connectivity index is 2.06. The van der Waals surface area contributed by atoms with E-state index in [1.165, 1.54) is 31.5 Å². The summed E-state index contributed by atoms with van der Waals surface area (Å²) in [5.74, 6) is 1.07. The van der Waals surface area contributed by atoms with E-state index in [4.69, 9.17) is 17.3 Å². The lowest BCUT2D eigenvalue weighted by atomic mass is 9.80. The topological polar surface area (TPSA) is 29.3 Å². The van der Waals surface area contributed by atoms with Crippen molar-refractivity contribution in [3.63, 3.8) is 0 Å². The smallest absolute Gasteiger partial charge is 0.0441 e. The van der Waals surface area contributed by atoms with E-state index in [0.717, 1.165) is 5.02 Å². The first-order valence-corrected chi connectivity index (χ1v) is 7.69. The summed E-state index contributed by atoms with van der Waals surface area (Å²) in [5.41, 5.74) is 7.26. The van der Waals surface area contributed by atoms with E-state index in [0.29, 0.717) is 24.4 Å². The lowest BCUT2D eigenvalue weighted by Gasteiger charge is -2.38. The SMILES string of the molecule is CC(C)N1CCC(C(CN)c2ccccc2Cl)CC1. The number of hydrogen-bond donors (Lipinski definition) is 1. The van der Waals surface area contributed by atoms with E-state index in [2.05, 4.69) is 30.9 Å². The van der Waals surface area contributed by atoms with Crippen molar-refractivity contribution in [2.24, 2.45) is 11.7 Å². The number of nitrogens with zero attached hydrogens (tertiary/aromatic N) is 1. The van der Waals surface area contributed by atoms with E-state index in [-0.39, 0.29) is 0 Å². The van der Waals surface area contributed by atoms with Crippen LogP contribution in [0.15, 0.2) is 24.3 Å². The molecule has 2 rings (SSSR count). The molecule has 0 aromatic heterocycles. The molecule has 2 N–H and O–H groups in total. The van der Waals surface area contributed by atoms with Gasteiger partial charge in [-0.05, 0) is 63.9 Å². The van der Waals surface area contributed by atoms with Gasteiger partial charge in [-0.1, -0.05) is 29.8 Å². The standard InChI is InChI=1S/C16H25ClN2/c1-12(2)19-9-7-13(8-10-19)15(11-18)14-5-3-4-6-16(14)17/h3-6,12-13,15H,7-11,18H2,1-2H3. The van der Waals surface area contributed by atoms with Crippen LogP contribution in [0.3, 0.4) is 0 Å². The van der Waals surface area contributed by atoms with Crippen molar-refractivity contribution < 1.29 is 0 Å². The maximum atomic E-state index is 6.33. The fourth-order valence-electron chi connectivity index (χ4n) is 3.19. The van der Waals surface area contributed by atoms with Crippen LogP contribution in [-0.4, -0.2) is 30.6 Å². The van der Waals surface area contributed by atoms with Crippen LogP contribution in [0, 0.1) is 5.92 Å². The van der Waals surface area contributed by atoms with Gasteiger partial charge in [0.15, 0.2) is 0 Å². The number of nitrogens with two attached hydrogens (primary N) is 1. The number of halogens is 1. The molecule has 0 saturated carbocycles. The van der Waals surface area contributed by atoms with Gasteiger partial charge >= 0.3 is 0 Å². The molecule has 3 heteroatoms. The highest BCUT2D eigenvalue weighted by atomic mass is 35.5. The van der Waals surface area contributed by atoms with Gasteiger partial charge in [-0.2, -0.15) is 0 Å². The van der Waals surface area contributed by atoms with E-state index in [9.17, 15) is 0 Å². The van der Waals surface area contributed by atoms with Crippen molar-refractivity contribution in [3.8, 4) is 0 Å². The van der Waals surface area contributed by atoms with Crippen molar-refractivity contribution in [2.45, 2.75) is 38.6 Å². The molecule has 1 heterocycles. The molecule has 0 spiro atoms. The molecule has 0 aliphatic carbocycles. The third kappa shape index (κ3) is 3.50. The zero-order valence-electron chi connectivity index (χ0n) is 12.0. The Kier molecular flexibility index (Phi) is 5.26. The van der Waals surface area contributed by atoms with Gasteiger partial charge in [-0.3, -0.25) is 0 Å². The second kappa shape index (κ2) is 6.74. The van der Waals surface area contributed by atoms with Crippen LogP contribution in [0.5, 0.6) is 0 Å². The molecule has 19 heavy (non-hydrogen) atoms. The minimum Gasteiger partial charge on any atom is -0.330 e. The van der Waals surface area contributed by atoms with Crippen LogP contribution in [0.2, 0.25) is 5.02 Å². The fraction of sp³-hybridized carbons (Fsp3) is 0.625. The summed E-state index contributed by atoms with van der Waals surface area (Å²) in [5, 5.41) is 0.865. The van der Waals surface area contributed by atoms with Crippen molar-refractivity contribution in [1.82, 2.24) is 4.90 Å². The van der Waals surface area contributed by atoms with Gasteiger partial charge in [0.05, 0.1) is 0 Å². The Labute approximate surface area is 121 Å². The van der Waals surface area contributed by atoms with Gasteiger partial charge in [-0.25, -0.2) is 0 Å². The molecule has 0 radical (unpaired) electrons. The Morgan fingerprint density at radius 2 is 1.89 bits per heavy atom. The molecule has 1 fully saturated rings. The van der Waals surface area contributed by atoms with Gasteiger partial charge in [0.2, 0.25) is 0 Å². The Hall–Kier alpha value is -0.570. The second-order valence-corrected chi connectivity index (χ2v) is 6.24. The zero-order valence-corrected chi connectivity index (χ0v) is 12.7. The summed E-state index contributed by atoms with van der Waals surface area (Å²) >= 11 is 6.33. The summed E-state index contributed by atoms with van der Waals surface area (Å²) in [6.07, 6.45) is 2.45. The first-order valence-electron chi connectivity index (χ1n) is 7.32. The van der Waals surface area contributed by atoms with Gasteiger partial charge in [0.25, 0.3) is 0 Å². The normalized spacial score (nSPS) is 19.8. The fourth-order valence-corrected chi connectivity index (χ4v) is 3.46. The minimum atomic E-state index is 0.406. The number of piperidine rings is 1. The summed E-state index contributed by atoms with van der Waals surface area (Å²) in [4.78, 5) is 2.55. The highest BCUT2D eigenvalue weighted by molar-refractivity contribution is 6.31. The summed E-state index contributed by atoms with van der Waals surface area (Å²) in [6.45, 7) is 7.60. The predicted molar refractivity (Wildman–Crippen MR) is 82.7 cm³/mol. The number of benzene rings is 1. The van der Waals surface area contributed by atoms with Crippen molar-refractivity contribution in [3.05, 3.63) is 34.9 Å². The quantitative estimate of drug-likeness (QED) is 0.915. The van der Waals surface area contributed by atoms with E-state index >= 15 is 0 Å². The lowest BCUT2D eigenvalue weighted by molar-refractivity contribution is 0.138. The Bertz CT molecular complexity index is 397. The van der Waals surface area contributed by atoms with Crippen LogP contribution < -0.4 is 5.73 Å². The summed E-state index contributed by atoms with van der Waals surface area (Å²) in [6, 6.07) is 8.81. The highest BCUT2D eigenvalue weighted by Crippen LogP contribution is 2.35. The summed E-state index contributed by atoms with van der Waals surface area (Å²) < 4.78 is 0. The first kappa shape index (κ1) is 14.8. The zero-order chi connectivity index (χ0) is 13.8. The highest BCUT2D eigenvalue weighted by Gasteiger charge is 2.28. The monoisotopic (exact) mass is 280 g/mol. The Morgan fingerprint density at radius 1 is 1.26 bits per heavy atom. The van der Waals surface area contributed by atoms with Crippen LogP contribution in [0.1, 0.15) is 38.2 Å². The van der Waals surface area contributed by atoms with Gasteiger partial charge in [0, 0.05) is 17.0 Å². The van der Waals surface area contributed by atoms with Gasteiger partial charge in [-0.15, -0.1) is 0 Å². The molecule has 1 saturated heterocycles. The molecular weight excluding hydrogens is 256 g/mol. The molecule has 1 aliphatic heterocycles. The van der Waals surface area contributed by atoms with Crippen LogP contribution in [0.25, 0.3) is 0 Å². The van der Waals surface area contributed by atoms with Crippen LogP contribution in [0.4, 0.5) is 0 Å². The molecule has 1 aliphatic rings. The van der Waals surface area contributed by atoms with E-state index < -0.39 is 0 Å². The third-order valence-corrected chi connectivity index (χ3v) is 4.78. The molecule has 106 valence electrons. The lowest BCUT2D eigenvalue weighted by Crippen LogP contribution is -2.40. The maximum absolute atomic E-state index is 6.33. The average molecular weight is 281 g/mol. The van der Waals surface area contributed by atoms with E-state index in [1.807, 2.05) is 12.1 Å². The Morgan fingerprint density at radius 3 is 2.42 bits per heavy atom. The predicted octanol–water partition coefficient (Wildman–Crippen LogP) is 3.50. The van der Waals surface area contributed by atoms with Crippen molar-refractivity contribution in [2.75, 3.05) is 19.6 Å². The van der Waals surface area contributed by atoms with Crippen molar-refractivity contribution in [1.29, 1.82) is 0 Å². The first-order chi connectivity index (χ1) is 9.13. The molecule has 1 atom stereocenters. The average Bonchev–Trinajstić information content (AvgIpc) is 2.42. The number of hydrogen-bond acceptors (Lipinski definition) is 2. The van der Waals surface area contributed by atoms with Gasteiger partial charge < -0.3 is 10.6 Å². The molecule has 1 unspecified atom stereocenters.